The van der Waals surface area contributed by atoms with Gasteiger partial charge in [-0.3, -0.25) is 14.2 Å². The Morgan fingerprint density at radius 3 is 2.37 bits per heavy atom. The molecule has 2 aromatic carbocycles. The number of anilines is 1. The molecule has 0 bridgehead atoms. The van der Waals surface area contributed by atoms with E-state index in [2.05, 4.69) is 34.4 Å². The van der Waals surface area contributed by atoms with Gasteiger partial charge in [0.25, 0.3) is 11.5 Å². The van der Waals surface area contributed by atoms with E-state index in [9.17, 15) is 28.6 Å². The number of aliphatic hydroxyl groups is 2. The molecule has 0 atom stereocenters. The summed E-state index contributed by atoms with van der Waals surface area (Å²) in [5.74, 6) is -2.23. The van der Waals surface area contributed by atoms with Crippen molar-refractivity contribution in [2.45, 2.75) is 33.2 Å². The van der Waals surface area contributed by atoms with E-state index < -0.39 is 48.0 Å². The van der Waals surface area contributed by atoms with Gasteiger partial charge < -0.3 is 25.7 Å². The summed E-state index contributed by atoms with van der Waals surface area (Å²) in [5.41, 5.74) is 0.588. The van der Waals surface area contributed by atoms with E-state index in [1.165, 1.54) is 18.2 Å². The van der Waals surface area contributed by atoms with Crippen LogP contribution in [0.1, 0.15) is 36.2 Å². The average molecular weight is 595 g/mol. The molecule has 4 aromatic rings. The number of aryl methyl sites for hydroxylation is 1. The van der Waals surface area contributed by atoms with Crippen molar-refractivity contribution in [3.8, 4) is 16.9 Å². The Balaban J connectivity index is 1.89. The Bertz CT molecular complexity index is 1630. The molecule has 2 heterocycles. The first-order valence-electron chi connectivity index (χ1n) is 14.2. The second kappa shape index (κ2) is 14.3. The van der Waals surface area contributed by atoms with Gasteiger partial charge in [-0.05, 0) is 68.9 Å². The second-order valence-corrected chi connectivity index (χ2v) is 10.1. The fraction of sp³-hybridized carbons (Fsp3) is 0.355. The zero-order valence-electron chi connectivity index (χ0n) is 24.4. The number of carbonyl (C=O) groups is 1. The standard InChI is InChI=1S/C31H36F2N6O4/c1-4-38(5-2)15-7-14-34-31-36-27(23-16-20(11-10-19(23)3)30(43)35-21(17-40)18-41)22-12-13-26(42)39(29(22)37-31)28-24(32)8-6-9-25(28)33/h6,8-13,16,21,40-41H,4-5,7,14-15,17-18H2,1-3H3,(H,35,43)(H,34,36,37). The van der Waals surface area contributed by atoms with Gasteiger partial charge in [0.05, 0.1) is 24.9 Å². The lowest BCUT2D eigenvalue weighted by molar-refractivity contribution is 0.0879. The molecule has 0 aliphatic carbocycles. The molecular weight excluding hydrogens is 558 g/mol. The molecule has 1 amide bonds. The predicted octanol–water partition coefficient (Wildman–Crippen LogP) is 3.26. The molecule has 0 aliphatic heterocycles. The van der Waals surface area contributed by atoms with Gasteiger partial charge in [0, 0.05) is 29.1 Å². The van der Waals surface area contributed by atoms with Gasteiger partial charge in [-0.15, -0.1) is 0 Å². The Labute approximate surface area is 248 Å². The van der Waals surface area contributed by atoms with Crippen LogP contribution in [0.4, 0.5) is 14.7 Å². The van der Waals surface area contributed by atoms with Gasteiger partial charge in [0.15, 0.2) is 5.65 Å². The lowest BCUT2D eigenvalue weighted by Gasteiger charge is -2.19. The number of pyridine rings is 1. The van der Waals surface area contributed by atoms with Crippen molar-refractivity contribution >= 4 is 22.9 Å². The van der Waals surface area contributed by atoms with E-state index in [0.717, 1.165) is 48.3 Å². The van der Waals surface area contributed by atoms with Crippen LogP contribution in [0.3, 0.4) is 0 Å². The first-order chi connectivity index (χ1) is 20.7. The van der Waals surface area contributed by atoms with Crippen LogP contribution >= 0.6 is 0 Å². The van der Waals surface area contributed by atoms with E-state index in [0.29, 0.717) is 23.2 Å². The van der Waals surface area contributed by atoms with E-state index in [1.807, 2.05) is 6.92 Å². The monoisotopic (exact) mass is 594 g/mol. The van der Waals surface area contributed by atoms with Crippen molar-refractivity contribution in [1.29, 1.82) is 0 Å². The number of hydrogen-bond acceptors (Lipinski definition) is 8. The number of nitrogens with zero attached hydrogens (tertiary/aromatic N) is 4. The van der Waals surface area contributed by atoms with Crippen LogP contribution in [0.2, 0.25) is 0 Å². The molecule has 0 saturated heterocycles. The van der Waals surface area contributed by atoms with Crippen molar-refractivity contribution in [2.75, 3.05) is 44.7 Å². The van der Waals surface area contributed by atoms with Crippen LogP contribution in [0.25, 0.3) is 28.0 Å². The van der Waals surface area contributed by atoms with Gasteiger partial charge in [0.2, 0.25) is 5.95 Å². The first-order valence-corrected chi connectivity index (χ1v) is 14.2. The summed E-state index contributed by atoms with van der Waals surface area (Å²) in [6.45, 7) is 8.27. The highest BCUT2D eigenvalue weighted by atomic mass is 19.1. The maximum Gasteiger partial charge on any atom is 0.256 e. The Morgan fingerprint density at radius 1 is 1.02 bits per heavy atom. The molecule has 4 N–H and O–H groups in total. The smallest absolute Gasteiger partial charge is 0.256 e. The molecular formula is C31H36F2N6O4. The Hall–Kier alpha value is -4.26. The van der Waals surface area contributed by atoms with Gasteiger partial charge >= 0.3 is 0 Å². The summed E-state index contributed by atoms with van der Waals surface area (Å²) in [7, 11) is 0. The van der Waals surface area contributed by atoms with Gasteiger partial charge in [0.1, 0.15) is 17.3 Å². The number of carbonyl (C=O) groups excluding carboxylic acids is 1. The highest BCUT2D eigenvalue weighted by Gasteiger charge is 2.21. The van der Waals surface area contributed by atoms with Crippen LogP contribution in [0, 0.1) is 18.6 Å². The van der Waals surface area contributed by atoms with Crippen molar-refractivity contribution in [2.24, 2.45) is 0 Å². The number of fused-ring (bicyclic) bond motifs is 1. The summed E-state index contributed by atoms with van der Waals surface area (Å²) in [5, 5.41) is 24.9. The number of aromatic nitrogens is 3. The summed E-state index contributed by atoms with van der Waals surface area (Å²) >= 11 is 0. The average Bonchev–Trinajstić information content (AvgIpc) is 3.00. The van der Waals surface area contributed by atoms with Crippen LogP contribution in [-0.2, 0) is 0 Å². The number of halogens is 2. The molecule has 0 aliphatic rings. The second-order valence-electron chi connectivity index (χ2n) is 10.1. The van der Waals surface area contributed by atoms with Crippen LogP contribution < -0.4 is 16.2 Å². The third kappa shape index (κ3) is 7.04. The highest BCUT2D eigenvalue weighted by Crippen LogP contribution is 2.31. The largest absolute Gasteiger partial charge is 0.394 e. The van der Waals surface area contributed by atoms with Crippen LogP contribution in [0.15, 0.2) is 53.3 Å². The number of benzene rings is 2. The van der Waals surface area contributed by atoms with Gasteiger partial charge in [-0.1, -0.05) is 26.0 Å². The fourth-order valence-electron chi connectivity index (χ4n) is 4.80. The maximum absolute atomic E-state index is 15.0. The summed E-state index contributed by atoms with van der Waals surface area (Å²) in [6, 6.07) is 10.1. The molecule has 0 spiro atoms. The maximum atomic E-state index is 15.0. The minimum Gasteiger partial charge on any atom is -0.394 e. The minimum atomic E-state index is -0.930. The number of amides is 1. The van der Waals surface area contributed by atoms with Gasteiger partial charge in [-0.25, -0.2) is 13.8 Å². The third-order valence-corrected chi connectivity index (χ3v) is 7.27. The topological polar surface area (TPSA) is 133 Å². The molecule has 12 heteroatoms. The van der Waals surface area contributed by atoms with Crippen molar-refractivity contribution in [3.05, 3.63) is 81.6 Å². The molecule has 0 saturated carbocycles. The Kier molecular flexibility index (Phi) is 10.5. The molecule has 0 fully saturated rings. The van der Waals surface area contributed by atoms with E-state index in [4.69, 9.17) is 4.98 Å². The van der Waals surface area contributed by atoms with Crippen molar-refractivity contribution in [1.82, 2.24) is 24.8 Å². The molecule has 2 aromatic heterocycles. The third-order valence-electron chi connectivity index (χ3n) is 7.27. The number of rotatable bonds is 13. The van der Waals surface area contributed by atoms with Crippen LogP contribution in [-0.4, -0.2) is 81.0 Å². The van der Waals surface area contributed by atoms with E-state index in [-0.39, 0.29) is 17.2 Å². The Morgan fingerprint density at radius 2 is 1.72 bits per heavy atom. The van der Waals surface area contributed by atoms with E-state index >= 15 is 0 Å². The molecule has 228 valence electrons. The number of para-hydroxylation sites is 1. The molecule has 10 nitrogen and oxygen atoms in total. The predicted molar refractivity (Wildman–Crippen MR) is 162 cm³/mol. The lowest BCUT2D eigenvalue weighted by atomic mass is 9.99. The number of hydrogen-bond donors (Lipinski definition) is 4. The quantitative estimate of drug-likeness (QED) is 0.174. The molecule has 4 rings (SSSR count). The SMILES string of the molecule is CCN(CC)CCCNc1nc(-c2cc(C(=O)NC(CO)CO)ccc2C)c2ccc(=O)n(-c3c(F)cccc3F)c2n1. The lowest BCUT2D eigenvalue weighted by Crippen LogP contribution is -2.40. The minimum absolute atomic E-state index is 0.0115. The summed E-state index contributed by atoms with van der Waals surface area (Å²) < 4.78 is 30.9. The fourth-order valence-corrected chi connectivity index (χ4v) is 4.80. The normalized spacial score (nSPS) is 11.5. The van der Waals surface area contributed by atoms with Crippen molar-refractivity contribution in [3.63, 3.8) is 0 Å². The molecule has 0 radical (unpaired) electrons. The summed E-state index contributed by atoms with van der Waals surface area (Å²) in [6.07, 6.45) is 0.771. The summed E-state index contributed by atoms with van der Waals surface area (Å²) in [4.78, 5) is 37.6. The van der Waals surface area contributed by atoms with E-state index in [1.54, 1.807) is 18.2 Å². The van der Waals surface area contributed by atoms with Crippen molar-refractivity contribution < 1.29 is 23.8 Å². The molecule has 0 unspecified atom stereocenters. The number of nitrogens with one attached hydrogen (secondary N) is 2. The number of aliphatic hydroxyl groups excluding tert-OH is 2. The first kappa shape index (κ1) is 31.7. The highest BCUT2D eigenvalue weighted by molar-refractivity contribution is 5.98. The zero-order chi connectivity index (χ0) is 31.1. The van der Waals surface area contributed by atoms with Gasteiger partial charge in [-0.2, -0.15) is 4.98 Å². The zero-order valence-corrected chi connectivity index (χ0v) is 24.4. The molecule has 43 heavy (non-hydrogen) atoms. The van der Waals surface area contributed by atoms with Crippen LogP contribution in [0.5, 0.6) is 0 Å².